The minimum atomic E-state index is -0.834. The fourth-order valence-electron chi connectivity index (χ4n) is 2.43. The van der Waals surface area contributed by atoms with Gasteiger partial charge >= 0.3 is 11.8 Å². The van der Waals surface area contributed by atoms with Gasteiger partial charge in [-0.2, -0.15) is 0 Å². The molecular weight excluding hydrogens is 316 g/mol. The second kappa shape index (κ2) is 6.90. The van der Waals surface area contributed by atoms with Gasteiger partial charge in [0, 0.05) is 13.6 Å². The molecule has 0 saturated heterocycles. The Balaban J connectivity index is 2.59. The van der Waals surface area contributed by atoms with Gasteiger partial charge < -0.3 is 9.47 Å². The summed E-state index contributed by atoms with van der Waals surface area (Å²) in [7, 11) is 1.41. The van der Waals surface area contributed by atoms with Gasteiger partial charge in [0.25, 0.3) is 5.56 Å². The van der Waals surface area contributed by atoms with Crippen molar-refractivity contribution in [3.05, 3.63) is 27.2 Å². The van der Waals surface area contributed by atoms with E-state index in [1.807, 2.05) is 13.8 Å². The molecular formula is C15H22N4O5. The number of carbonyl (C=O) groups is 1. The van der Waals surface area contributed by atoms with Gasteiger partial charge in [0.05, 0.1) is 6.61 Å². The fourth-order valence-corrected chi connectivity index (χ4v) is 2.43. The zero-order valence-electron chi connectivity index (χ0n) is 14.5. The third kappa shape index (κ3) is 3.19. The monoisotopic (exact) mass is 338 g/mol. The first-order valence-corrected chi connectivity index (χ1v) is 7.77. The Hall–Kier alpha value is -2.58. The Morgan fingerprint density at radius 2 is 1.96 bits per heavy atom. The zero-order chi connectivity index (χ0) is 18.0. The lowest BCUT2D eigenvalue weighted by molar-refractivity contribution is 0.00786. The number of ether oxygens (including phenoxy) is 2. The Kier molecular flexibility index (Phi) is 5.10. The Bertz CT molecular complexity index is 861. The van der Waals surface area contributed by atoms with E-state index < -0.39 is 23.6 Å². The molecule has 0 aliphatic heterocycles. The summed E-state index contributed by atoms with van der Waals surface area (Å²) in [5.41, 5.74) is -0.442. The van der Waals surface area contributed by atoms with E-state index in [9.17, 15) is 14.4 Å². The van der Waals surface area contributed by atoms with Crippen LogP contribution >= 0.6 is 0 Å². The summed E-state index contributed by atoms with van der Waals surface area (Å²) >= 11 is 0. The van der Waals surface area contributed by atoms with Gasteiger partial charge in [-0.1, -0.05) is 13.8 Å². The predicted octanol–water partition coefficient (Wildman–Crippen LogP) is 1.24. The number of imidazole rings is 1. The Morgan fingerprint density at radius 1 is 1.29 bits per heavy atom. The van der Waals surface area contributed by atoms with Crippen molar-refractivity contribution in [3.8, 4) is 0 Å². The van der Waals surface area contributed by atoms with Crippen LogP contribution in [0.3, 0.4) is 0 Å². The van der Waals surface area contributed by atoms with E-state index >= 15 is 0 Å². The number of hydrogen-bond donors (Lipinski definition) is 0. The smallest absolute Gasteiger partial charge is 0.435 e. The topological polar surface area (TPSA) is 97.3 Å². The van der Waals surface area contributed by atoms with Crippen molar-refractivity contribution >= 4 is 17.3 Å². The third-order valence-corrected chi connectivity index (χ3v) is 3.52. The van der Waals surface area contributed by atoms with E-state index in [2.05, 4.69) is 4.98 Å². The molecule has 0 aliphatic rings. The lowest BCUT2D eigenvalue weighted by atomic mass is 10.2. The van der Waals surface area contributed by atoms with Crippen LogP contribution in [0.5, 0.6) is 0 Å². The van der Waals surface area contributed by atoms with Gasteiger partial charge in [-0.25, -0.2) is 14.6 Å². The minimum Gasteiger partial charge on any atom is -0.435 e. The summed E-state index contributed by atoms with van der Waals surface area (Å²) in [6, 6.07) is 0. The van der Waals surface area contributed by atoms with Crippen LogP contribution in [-0.4, -0.2) is 31.4 Å². The third-order valence-electron chi connectivity index (χ3n) is 3.52. The number of rotatable bonds is 5. The number of aromatic nitrogens is 4. The number of fused-ring (bicyclic) bond motifs is 1. The molecule has 24 heavy (non-hydrogen) atoms. The SMILES string of the molecule is CCOC(=O)OC(C)n1cnc2c1c(=O)n(C)c(=O)n2CC(C)C. The average molecular weight is 338 g/mol. The van der Waals surface area contributed by atoms with E-state index in [0.29, 0.717) is 6.54 Å². The van der Waals surface area contributed by atoms with Crippen molar-refractivity contribution in [2.45, 2.75) is 40.5 Å². The highest BCUT2D eigenvalue weighted by molar-refractivity contribution is 5.70. The highest BCUT2D eigenvalue weighted by atomic mass is 16.7. The Morgan fingerprint density at radius 3 is 2.54 bits per heavy atom. The van der Waals surface area contributed by atoms with Crippen LogP contribution < -0.4 is 11.2 Å². The summed E-state index contributed by atoms with van der Waals surface area (Å²) in [4.78, 5) is 40.5. The summed E-state index contributed by atoms with van der Waals surface area (Å²) in [5.74, 6) is 0.196. The highest BCUT2D eigenvalue weighted by Crippen LogP contribution is 2.16. The van der Waals surface area contributed by atoms with Crippen molar-refractivity contribution in [2.24, 2.45) is 13.0 Å². The number of carbonyl (C=O) groups excluding carboxylic acids is 1. The summed E-state index contributed by atoms with van der Waals surface area (Å²) in [6.07, 6.45) is -0.252. The van der Waals surface area contributed by atoms with Gasteiger partial charge in [0.1, 0.15) is 6.33 Å². The molecule has 2 rings (SSSR count). The van der Waals surface area contributed by atoms with Crippen molar-refractivity contribution in [1.82, 2.24) is 18.7 Å². The van der Waals surface area contributed by atoms with E-state index in [1.54, 1.807) is 13.8 Å². The molecule has 0 N–H and O–H groups in total. The van der Waals surface area contributed by atoms with E-state index in [1.165, 1.54) is 22.5 Å². The normalized spacial score (nSPS) is 12.6. The maximum absolute atomic E-state index is 12.5. The molecule has 1 atom stereocenters. The van der Waals surface area contributed by atoms with Crippen LogP contribution in [0, 0.1) is 5.92 Å². The standard InChI is InChI=1S/C15H22N4O5/c1-6-23-15(22)24-10(4)19-8-16-12-11(19)13(20)17(5)14(21)18(12)7-9(2)3/h8-10H,6-7H2,1-5H3. The predicted molar refractivity (Wildman–Crippen MR) is 86.9 cm³/mol. The van der Waals surface area contributed by atoms with Gasteiger partial charge in [-0.3, -0.25) is 18.5 Å². The average Bonchev–Trinajstić information content (AvgIpc) is 2.94. The lowest BCUT2D eigenvalue weighted by Gasteiger charge is -2.16. The molecule has 132 valence electrons. The van der Waals surface area contributed by atoms with Gasteiger partial charge in [0.2, 0.25) is 0 Å². The zero-order valence-corrected chi connectivity index (χ0v) is 14.5. The van der Waals surface area contributed by atoms with Crippen LogP contribution in [0.1, 0.15) is 33.9 Å². The first-order chi connectivity index (χ1) is 11.3. The van der Waals surface area contributed by atoms with Crippen molar-refractivity contribution in [1.29, 1.82) is 0 Å². The molecule has 2 aromatic heterocycles. The molecule has 2 heterocycles. The molecule has 9 heteroatoms. The lowest BCUT2D eigenvalue weighted by Crippen LogP contribution is -2.39. The minimum absolute atomic E-state index is 0.186. The van der Waals surface area contributed by atoms with Crippen molar-refractivity contribution in [3.63, 3.8) is 0 Å². The molecule has 0 aromatic carbocycles. The second-order valence-corrected chi connectivity index (χ2v) is 5.88. The van der Waals surface area contributed by atoms with Crippen LogP contribution in [0.25, 0.3) is 11.2 Å². The molecule has 0 bridgehead atoms. The largest absolute Gasteiger partial charge is 0.510 e. The Labute approximate surface area is 138 Å². The molecule has 9 nitrogen and oxygen atoms in total. The van der Waals surface area contributed by atoms with Crippen LogP contribution in [0.15, 0.2) is 15.9 Å². The van der Waals surface area contributed by atoms with Gasteiger partial charge in [-0.05, 0) is 19.8 Å². The summed E-state index contributed by atoms with van der Waals surface area (Å²) in [6.45, 7) is 7.80. The van der Waals surface area contributed by atoms with E-state index in [0.717, 1.165) is 4.57 Å². The van der Waals surface area contributed by atoms with Crippen LogP contribution in [0.2, 0.25) is 0 Å². The van der Waals surface area contributed by atoms with Crippen molar-refractivity contribution < 1.29 is 14.3 Å². The molecule has 0 aliphatic carbocycles. The molecule has 1 unspecified atom stereocenters. The molecule has 0 amide bonds. The van der Waals surface area contributed by atoms with Gasteiger partial charge in [-0.15, -0.1) is 0 Å². The number of hydrogen-bond acceptors (Lipinski definition) is 6. The quantitative estimate of drug-likeness (QED) is 0.761. The first kappa shape index (κ1) is 17.8. The summed E-state index contributed by atoms with van der Waals surface area (Å²) in [5, 5.41) is 0. The molecule has 2 aromatic rings. The summed E-state index contributed by atoms with van der Waals surface area (Å²) < 4.78 is 13.8. The maximum atomic E-state index is 12.5. The second-order valence-electron chi connectivity index (χ2n) is 5.88. The van der Waals surface area contributed by atoms with Crippen molar-refractivity contribution in [2.75, 3.05) is 6.61 Å². The molecule has 0 radical (unpaired) electrons. The highest BCUT2D eigenvalue weighted by Gasteiger charge is 2.21. The fraction of sp³-hybridized carbons (Fsp3) is 0.600. The van der Waals surface area contributed by atoms with Crippen LogP contribution in [-0.2, 0) is 23.1 Å². The van der Waals surface area contributed by atoms with Gasteiger partial charge in [0.15, 0.2) is 17.4 Å². The van der Waals surface area contributed by atoms with E-state index in [-0.39, 0.29) is 23.7 Å². The maximum Gasteiger partial charge on any atom is 0.510 e. The number of nitrogens with zero attached hydrogens (tertiary/aromatic N) is 4. The molecule has 0 saturated carbocycles. The first-order valence-electron chi connectivity index (χ1n) is 7.77. The van der Waals surface area contributed by atoms with E-state index in [4.69, 9.17) is 9.47 Å². The molecule has 0 spiro atoms. The van der Waals surface area contributed by atoms with Crippen LogP contribution in [0.4, 0.5) is 4.79 Å². The molecule has 0 fully saturated rings.